The fourth-order valence-corrected chi connectivity index (χ4v) is 3.29. The largest absolute Gasteiger partial charge is 0.813 e. The maximum absolute atomic E-state index is 4.93. The summed E-state index contributed by atoms with van der Waals surface area (Å²) in [6, 6.07) is 36.0. The normalized spacial score (nSPS) is 9.62. The Bertz CT molecular complexity index is 1070. The molecule has 0 aliphatic carbocycles. The van der Waals surface area contributed by atoms with Crippen LogP contribution < -0.4 is 0 Å². The van der Waals surface area contributed by atoms with E-state index in [1.54, 1.807) is 0 Å². The van der Waals surface area contributed by atoms with Gasteiger partial charge in [-0.2, -0.15) is 17.5 Å². The molecule has 0 N–H and O–H groups in total. The molecule has 0 nitrogen and oxygen atoms in total. The van der Waals surface area contributed by atoms with Crippen LogP contribution in [0.1, 0.15) is 0 Å². The molecule has 5 rings (SSSR count). The molecule has 0 heterocycles. The van der Waals surface area contributed by atoms with E-state index in [9.17, 15) is 0 Å². The predicted molar refractivity (Wildman–Crippen MR) is 133 cm³/mol. The zero-order chi connectivity index (χ0) is 19.8. The monoisotopic (exact) mass is 577 g/mol. The maximum atomic E-state index is 4.93. The second kappa shape index (κ2) is 12.8. The molecule has 5 aromatic rings. The van der Waals surface area contributed by atoms with Crippen LogP contribution in [0, 0.1) is 0 Å². The smallest absolute Gasteiger partial charge is 0.0809 e. The number of halogens is 3. The van der Waals surface area contributed by atoms with E-state index in [0.717, 1.165) is 4.47 Å². The Kier molecular flexibility index (Phi) is 10.8. The molecular formula is C24H18BrCl2SZr-3. The first-order chi connectivity index (χ1) is 13.7. The van der Waals surface area contributed by atoms with Gasteiger partial charge in [0, 0.05) is 4.47 Å². The summed E-state index contributed by atoms with van der Waals surface area (Å²) in [6.07, 6.45) is 0. The summed E-state index contributed by atoms with van der Waals surface area (Å²) in [7, 11) is 9.87. The average Bonchev–Trinajstić information content (AvgIpc) is 3.36. The molecule has 148 valence electrons. The van der Waals surface area contributed by atoms with Gasteiger partial charge >= 0.3 is 37.9 Å². The number of rotatable bonds is 1. The number of benzene rings is 3. The maximum Gasteiger partial charge on any atom is -0.0809 e. The van der Waals surface area contributed by atoms with E-state index in [4.69, 9.17) is 17.0 Å². The number of hydrogen-bond donors (Lipinski definition) is 0. The van der Waals surface area contributed by atoms with Gasteiger partial charge in [0.2, 0.25) is 0 Å². The third-order valence-corrected chi connectivity index (χ3v) is 4.87. The molecule has 0 unspecified atom stereocenters. The van der Waals surface area contributed by atoms with Crippen molar-refractivity contribution in [2.24, 2.45) is 0 Å². The Morgan fingerprint density at radius 3 is 1.93 bits per heavy atom. The van der Waals surface area contributed by atoms with Crippen LogP contribution in [-0.4, -0.2) is 0 Å². The quantitative estimate of drug-likeness (QED) is 0.109. The molecule has 0 bridgehead atoms. The molecule has 29 heavy (non-hydrogen) atoms. The Balaban J connectivity index is 0.000000196. The van der Waals surface area contributed by atoms with Crippen molar-refractivity contribution < 1.29 is 20.8 Å². The van der Waals surface area contributed by atoms with Gasteiger partial charge in [0.25, 0.3) is 0 Å². The summed E-state index contributed by atoms with van der Waals surface area (Å²) in [5.41, 5.74) is 2.55. The van der Waals surface area contributed by atoms with Crippen molar-refractivity contribution in [1.82, 2.24) is 0 Å². The summed E-state index contributed by atoms with van der Waals surface area (Å²) in [6.45, 7) is 0. The molecule has 0 aliphatic heterocycles. The minimum Gasteiger partial charge on any atom is -0.813 e. The molecule has 0 saturated heterocycles. The Hall–Kier alpha value is -0.827. The molecule has 0 aliphatic rings. The fraction of sp³-hybridized carbons (Fsp3) is 0. The first-order valence-corrected chi connectivity index (χ1v) is 15.8. The SMILES string of the molecule is Brc1ccc(-c2cc3ccccc3[cH-]2)cc1.[Cl][Zr][Cl].[SH-].c1ccc2[cH-]ccc2c1. The van der Waals surface area contributed by atoms with Crippen LogP contribution in [0.15, 0.2) is 108 Å². The van der Waals surface area contributed by atoms with Gasteiger partial charge in [0.05, 0.1) is 0 Å². The van der Waals surface area contributed by atoms with Gasteiger partial charge < -0.3 is 13.5 Å². The Morgan fingerprint density at radius 1 is 0.724 bits per heavy atom. The van der Waals surface area contributed by atoms with E-state index >= 15 is 0 Å². The van der Waals surface area contributed by atoms with Crippen molar-refractivity contribution in [3.63, 3.8) is 0 Å². The summed E-state index contributed by atoms with van der Waals surface area (Å²) >= 11 is 2.63. The van der Waals surface area contributed by atoms with Crippen LogP contribution in [0.3, 0.4) is 0 Å². The zero-order valence-electron chi connectivity index (χ0n) is 15.4. The van der Waals surface area contributed by atoms with Crippen LogP contribution in [-0.2, 0) is 34.3 Å². The second-order valence-corrected chi connectivity index (χ2v) is 10.8. The Morgan fingerprint density at radius 2 is 1.31 bits per heavy atom. The van der Waals surface area contributed by atoms with Gasteiger partial charge in [-0.15, -0.1) is 64.2 Å². The number of hydrogen-bond acceptors (Lipinski definition) is 1. The molecule has 5 aromatic carbocycles. The minimum atomic E-state index is -0.826. The van der Waals surface area contributed by atoms with E-state index in [-0.39, 0.29) is 13.5 Å². The molecule has 0 saturated carbocycles. The number of thiol groups is 1. The fourth-order valence-electron chi connectivity index (χ4n) is 3.03. The topological polar surface area (TPSA) is 0 Å². The van der Waals surface area contributed by atoms with Gasteiger partial charge in [0.1, 0.15) is 0 Å². The van der Waals surface area contributed by atoms with Crippen LogP contribution in [0.4, 0.5) is 0 Å². The third-order valence-electron chi connectivity index (χ3n) is 4.34. The van der Waals surface area contributed by atoms with Crippen molar-refractivity contribution in [2.45, 2.75) is 0 Å². The van der Waals surface area contributed by atoms with E-state index in [2.05, 4.69) is 119 Å². The van der Waals surface area contributed by atoms with Gasteiger partial charge in [-0.1, -0.05) is 70.0 Å². The molecular weight excluding hydrogens is 562 g/mol. The minimum absolute atomic E-state index is 0. The molecule has 0 amide bonds. The van der Waals surface area contributed by atoms with E-state index < -0.39 is 20.8 Å². The van der Waals surface area contributed by atoms with E-state index in [0.29, 0.717) is 0 Å². The van der Waals surface area contributed by atoms with Gasteiger partial charge in [-0.3, -0.25) is 0 Å². The standard InChI is InChI=1S/C15H10Br.C9H7.2ClH.H2S.Zr/c16-15-7-5-11(6-8-15)14-9-12-3-1-2-4-13(12)10-14;1-2-5-9-7-3-6-8(9)4-1;;;;/h1-10H;1-7H;2*1H;1H2;/q2*-1;;;;+2/p-3. The van der Waals surface area contributed by atoms with E-state index in [1.807, 2.05) is 0 Å². The van der Waals surface area contributed by atoms with Gasteiger partial charge in [-0.05, 0) is 0 Å². The zero-order valence-corrected chi connectivity index (χ0v) is 21.8. The second-order valence-electron chi connectivity index (χ2n) is 6.11. The average molecular weight is 581 g/mol. The van der Waals surface area contributed by atoms with Crippen LogP contribution in [0.5, 0.6) is 0 Å². The van der Waals surface area contributed by atoms with Crippen molar-refractivity contribution in [2.75, 3.05) is 0 Å². The summed E-state index contributed by atoms with van der Waals surface area (Å²) < 4.78 is 1.12. The van der Waals surface area contributed by atoms with E-state index in [1.165, 1.54) is 32.7 Å². The predicted octanol–water partition coefficient (Wildman–Crippen LogP) is 8.65. The summed E-state index contributed by atoms with van der Waals surface area (Å²) in [4.78, 5) is 0. The van der Waals surface area contributed by atoms with Crippen LogP contribution in [0.2, 0.25) is 0 Å². The molecule has 0 fully saturated rings. The summed E-state index contributed by atoms with van der Waals surface area (Å²) in [5.74, 6) is 0. The van der Waals surface area contributed by atoms with Gasteiger partial charge in [0.15, 0.2) is 0 Å². The van der Waals surface area contributed by atoms with Crippen molar-refractivity contribution in [1.29, 1.82) is 0 Å². The Labute approximate surface area is 205 Å². The van der Waals surface area contributed by atoms with Crippen molar-refractivity contribution in [3.05, 3.63) is 108 Å². The third kappa shape index (κ3) is 7.12. The molecule has 0 radical (unpaired) electrons. The first-order valence-electron chi connectivity index (χ1n) is 8.69. The first kappa shape index (κ1) is 24.4. The van der Waals surface area contributed by atoms with Gasteiger partial charge in [-0.25, -0.2) is 0 Å². The number of fused-ring (bicyclic) bond motifs is 2. The summed E-state index contributed by atoms with van der Waals surface area (Å²) in [5, 5.41) is 5.27. The van der Waals surface area contributed by atoms with Crippen molar-refractivity contribution >= 4 is 68.0 Å². The molecule has 0 aromatic heterocycles. The van der Waals surface area contributed by atoms with Crippen LogP contribution in [0.25, 0.3) is 32.7 Å². The molecule has 0 spiro atoms. The molecule has 5 heteroatoms. The molecule has 0 atom stereocenters. The van der Waals surface area contributed by atoms with Crippen LogP contribution >= 0.6 is 33.0 Å². The van der Waals surface area contributed by atoms with Crippen molar-refractivity contribution in [3.8, 4) is 11.1 Å².